The lowest BCUT2D eigenvalue weighted by Crippen LogP contribution is -2.22. The minimum atomic E-state index is -0.491. The van der Waals surface area contributed by atoms with E-state index in [0.717, 1.165) is 49.1 Å². The molecule has 120 valence electrons. The van der Waals surface area contributed by atoms with Crippen molar-refractivity contribution in [2.24, 2.45) is 0 Å². The van der Waals surface area contributed by atoms with Crippen LogP contribution in [0.4, 0.5) is 0 Å². The van der Waals surface area contributed by atoms with Crippen LogP contribution in [-0.4, -0.2) is 53.1 Å². The molecule has 1 aliphatic heterocycles. The molecule has 21 heavy (non-hydrogen) atoms. The van der Waals surface area contributed by atoms with Gasteiger partial charge < -0.3 is 14.7 Å². The fraction of sp³-hybridized carbons (Fsp3) is 0.800. The van der Waals surface area contributed by atoms with Crippen molar-refractivity contribution in [1.82, 2.24) is 14.7 Å². The summed E-state index contributed by atoms with van der Waals surface area (Å²) in [4.78, 5) is 2.11. The van der Waals surface area contributed by atoms with E-state index in [0.29, 0.717) is 6.10 Å². The van der Waals surface area contributed by atoms with Crippen molar-refractivity contribution in [3.05, 3.63) is 16.4 Å². The van der Waals surface area contributed by atoms with Crippen LogP contribution in [0.3, 0.4) is 0 Å². The van der Waals surface area contributed by atoms with Gasteiger partial charge in [-0.15, -0.1) is 0 Å². The molecule has 1 aromatic rings. The Morgan fingerprint density at radius 2 is 2.33 bits per heavy atom. The number of aliphatic hydroxyl groups is 1. The zero-order valence-electron chi connectivity index (χ0n) is 13.0. The van der Waals surface area contributed by atoms with Crippen molar-refractivity contribution in [1.29, 1.82) is 0 Å². The third kappa shape index (κ3) is 5.06. The molecule has 1 aromatic heterocycles. The number of halogens is 1. The number of aliphatic hydroxyl groups excluding tert-OH is 1. The van der Waals surface area contributed by atoms with Crippen molar-refractivity contribution >= 4 is 15.9 Å². The van der Waals surface area contributed by atoms with Crippen LogP contribution in [0.1, 0.15) is 43.9 Å². The Balaban J connectivity index is 1.91. The Morgan fingerprint density at radius 1 is 1.52 bits per heavy atom. The van der Waals surface area contributed by atoms with Crippen LogP contribution >= 0.6 is 15.9 Å². The Labute approximate surface area is 135 Å². The Bertz CT molecular complexity index is 431. The zero-order chi connectivity index (χ0) is 15.2. The molecule has 2 unspecified atom stereocenters. The molecule has 2 rings (SSSR count). The average molecular weight is 360 g/mol. The third-order valence-electron chi connectivity index (χ3n) is 3.94. The van der Waals surface area contributed by atoms with Gasteiger partial charge in [0.2, 0.25) is 0 Å². The highest BCUT2D eigenvalue weighted by Gasteiger charge is 2.21. The van der Waals surface area contributed by atoms with Crippen LogP contribution in [0.5, 0.6) is 0 Å². The number of ether oxygens (including phenoxy) is 1. The summed E-state index contributed by atoms with van der Waals surface area (Å²) in [6.45, 7) is 2.55. The van der Waals surface area contributed by atoms with Crippen LogP contribution in [0.25, 0.3) is 0 Å². The summed E-state index contributed by atoms with van der Waals surface area (Å²) < 4.78 is 8.52. The van der Waals surface area contributed by atoms with Crippen molar-refractivity contribution in [3.8, 4) is 0 Å². The number of hydrogen-bond donors (Lipinski definition) is 1. The maximum Gasteiger partial charge on any atom is 0.0969 e. The van der Waals surface area contributed by atoms with Gasteiger partial charge in [0.05, 0.1) is 35.1 Å². The number of rotatable bonds is 7. The smallest absolute Gasteiger partial charge is 0.0969 e. The van der Waals surface area contributed by atoms with E-state index < -0.39 is 6.10 Å². The van der Waals surface area contributed by atoms with Gasteiger partial charge in [-0.3, -0.25) is 4.68 Å². The van der Waals surface area contributed by atoms with Crippen LogP contribution in [0.15, 0.2) is 10.7 Å². The molecular weight excluding hydrogens is 334 g/mol. The topological polar surface area (TPSA) is 50.5 Å². The lowest BCUT2D eigenvalue weighted by molar-refractivity contribution is 0.00146. The third-order valence-corrected chi connectivity index (χ3v) is 4.55. The molecule has 1 N–H and O–H groups in total. The van der Waals surface area contributed by atoms with E-state index in [4.69, 9.17) is 4.74 Å². The first-order valence-corrected chi connectivity index (χ1v) is 8.53. The zero-order valence-corrected chi connectivity index (χ0v) is 14.5. The van der Waals surface area contributed by atoms with Gasteiger partial charge in [-0.2, -0.15) is 5.10 Å². The van der Waals surface area contributed by atoms with Gasteiger partial charge in [0, 0.05) is 13.2 Å². The molecule has 2 heterocycles. The predicted octanol–water partition coefficient (Wildman–Crippen LogP) is 2.59. The number of nitrogens with zero attached hydrogens (tertiary/aromatic N) is 3. The lowest BCUT2D eigenvalue weighted by Gasteiger charge is -2.24. The summed E-state index contributed by atoms with van der Waals surface area (Å²) in [5.41, 5.74) is 0.882. The molecular formula is C15H26BrN3O2. The second kappa shape index (κ2) is 8.27. The van der Waals surface area contributed by atoms with E-state index in [1.54, 1.807) is 6.20 Å². The molecule has 1 fully saturated rings. The molecule has 2 atom stereocenters. The van der Waals surface area contributed by atoms with E-state index in [9.17, 15) is 5.11 Å². The highest BCUT2D eigenvalue weighted by Crippen LogP contribution is 2.28. The van der Waals surface area contributed by atoms with Crippen molar-refractivity contribution < 1.29 is 9.84 Å². The van der Waals surface area contributed by atoms with Gasteiger partial charge in [-0.25, -0.2) is 0 Å². The minimum Gasteiger partial charge on any atom is -0.387 e. The van der Waals surface area contributed by atoms with Crippen LogP contribution < -0.4 is 0 Å². The van der Waals surface area contributed by atoms with Crippen LogP contribution in [0, 0.1) is 0 Å². The summed E-state index contributed by atoms with van der Waals surface area (Å²) in [6.07, 6.45) is 6.75. The summed E-state index contributed by atoms with van der Waals surface area (Å²) >= 11 is 3.50. The summed E-state index contributed by atoms with van der Waals surface area (Å²) in [6, 6.07) is 0. The van der Waals surface area contributed by atoms with Gasteiger partial charge >= 0.3 is 0 Å². The molecule has 1 aliphatic rings. The molecule has 1 saturated heterocycles. The molecule has 0 spiro atoms. The quantitative estimate of drug-likeness (QED) is 0.812. The minimum absolute atomic E-state index is 0.310. The van der Waals surface area contributed by atoms with Crippen molar-refractivity contribution in [2.75, 3.05) is 27.2 Å². The van der Waals surface area contributed by atoms with E-state index in [1.807, 2.05) is 18.8 Å². The predicted molar refractivity (Wildman–Crippen MR) is 86.3 cm³/mol. The standard InChI is InChI=1S/C15H26BrN3O2/c1-18(2)8-9-19-15(13(16)11-17-19)14(20)7-6-12-5-3-4-10-21-12/h11-12,14,20H,3-10H2,1-2H3. The Hall–Kier alpha value is -0.430. The van der Waals surface area contributed by atoms with Gasteiger partial charge in [0.1, 0.15) is 0 Å². The first kappa shape index (κ1) is 16.9. The highest BCUT2D eigenvalue weighted by atomic mass is 79.9. The summed E-state index contributed by atoms with van der Waals surface area (Å²) in [7, 11) is 4.07. The van der Waals surface area contributed by atoms with Crippen LogP contribution in [0.2, 0.25) is 0 Å². The Morgan fingerprint density at radius 3 is 3.00 bits per heavy atom. The maximum absolute atomic E-state index is 10.5. The summed E-state index contributed by atoms with van der Waals surface area (Å²) in [5.74, 6) is 0. The SMILES string of the molecule is CN(C)CCn1ncc(Br)c1C(O)CCC1CCCCO1. The monoisotopic (exact) mass is 359 g/mol. The van der Waals surface area contributed by atoms with E-state index in [1.165, 1.54) is 12.8 Å². The van der Waals surface area contributed by atoms with Gasteiger partial charge in [-0.05, 0) is 62.1 Å². The van der Waals surface area contributed by atoms with Crippen molar-refractivity contribution in [2.45, 2.75) is 50.9 Å². The van der Waals surface area contributed by atoms with Crippen LogP contribution in [-0.2, 0) is 11.3 Å². The van der Waals surface area contributed by atoms with E-state index in [2.05, 4.69) is 25.9 Å². The first-order valence-electron chi connectivity index (χ1n) is 7.73. The lowest BCUT2D eigenvalue weighted by atomic mass is 10.0. The molecule has 0 aliphatic carbocycles. The van der Waals surface area contributed by atoms with Gasteiger partial charge in [-0.1, -0.05) is 0 Å². The molecule has 0 bridgehead atoms. The molecule has 0 aromatic carbocycles. The second-order valence-corrected chi connectivity index (χ2v) is 6.84. The molecule has 0 saturated carbocycles. The van der Waals surface area contributed by atoms with Gasteiger partial charge in [0.25, 0.3) is 0 Å². The fourth-order valence-electron chi connectivity index (χ4n) is 2.69. The fourth-order valence-corrected chi connectivity index (χ4v) is 3.25. The van der Waals surface area contributed by atoms with Crippen molar-refractivity contribution in [3.63, 3.8) is 0 Å². The normalized spacial score (nSPS) is 20.9. The number of likely N-dealkylation sites (N-methyl/N-ethyl adjacent to an activating group) is 1. The van der Waals surface area contributed by atoms with Gasteiger partial charge in [0.15, 0.2) is 0 Å². The van der Waals surface area contributed by atoms with E-state index in [-0.39, 0.29) is 0 Å². The maximum atomic E-state index is 10.5. The first-order chi connectivity index (χ1) is 10.1. The average Bonchev–Trinajstić information content (AvgIpc) is 2.85. The molecule has 5 nitrogen and oxygen atoms in total. The molecule has 0 amide bonds. The number of hydrogen-bond acceptors (Lipinski definition) is 4. The molecule has 6 heteroatoms. The van der Waals surface area contributed by atoms with E-state index >= 15 is 0 Å². The largest absolute Gasteiger partial charge is 0.387 e. The number of aromatic nitrogens is 2. The summed E-state index contributed by atoms with van der Waals surface area (Å²) in [5, 5.41) is 14.9. The Kier molecular flexibility index (Phi) is 6.67. The highest BCUT2D eigenvalue weighted by molar-refractivity contribution is 9.10. The second-order valence-electron chi connectivity index (χ2n) is 5.99. The molecule has 0 radical (unpaired) electrons.